The number of nitrogens with one attached hydrogen (secondary N) is 1. The van der Waals surface area contributed by atoms with Gasteiger partial charge in [-0.25, -0.2) is 0 Å². The number of nitrogens with zero attached hydrogens (tertiary/aromatic N) is 1. The van der Waals surface area contributed by atoms with Crippen LogP contribution in [0.25, 0.3) is 10.9 Å². The third-order valence-electron chi connectivity index (χ3n) is 3.34. The van der Waals surface area contributed by atoms with Crippen LogP contribution >= 0.6 is 0 Å². The van der Waals surface area contributed by atoms with Crippen molar-refractivity contribution in [3.8, 4) is 0 Å². The number of fused-ring (bicyclic) bond motifs is 1. The van der Waals surface area contributed by atoms with Crippen molar-refractivity contribution >= 4 is 16.6 Å². The maximum Gasteiger partial charge on any atom is 0.0722 e. The van der Waals surface area contributed by atoms with Crippen LogP contribution < -0.4 is 5.32 Å². The molecule has 2 aromatic rings. The van der Waals surface area contributed by atoms with E-state index in [4.69, 9.17) is 5.11 Å². The fourth-order valence-corrected chi connectivity index (χ4v) is 2.14. The third-order valence-corrected chi connectivity index (χ3v) is 3.34. The molecule has 1 atom stereocenters. The first kappa shape index (κ1) is 12.8. The zero-order valence-electron chi connectivity index (χ0n) is 10.8. The van der Waals surface area contributed by atoms with Crippen LogP contribution in [-0.4, -0.2) is 23.2 Å². The zero-order valence-corrected chi connectivity index (χ0v) is 10.8. The van der Waals surface area contributed by atoms with E-state index in [2.05, 4.69) is 23.3 Å². The molecular weight excluding hydrogens is 224 g/mol. The van der Waals surface area contributed by atoms with Gasteiger partial charge < -0.3 is 10.4 Å². The van der Waals surface area contributed by atoms with Gasteiger partial charge in [0, 0.05) is 30.4 Å². The highest BCUT2D eigenvalue weighted by molar-refractivity contribution is 5.90. The van der Waals surface area contributed by atoms with Gasteiger partial charge in [0.25, 0.3) is 0 Å². The summed E-state index contributed by atoms with van der Waals surface area (Å²) in [6.07, 6.45) is 3.76. The van der Waals surface area contributed by atoms with Gasteiger partial charge in [0.2, 0.25) is 0 Å². The van der Waals surface area contributed by atoms with Crippen molar-refractivity contribution in [2.75, 3.05) is 18.5 Å². The SMILES string of the molecule is CCC(CCO)CNc1ccnc2ccccc12. The zero-order chi connectivity index (χ0) is 12.8. The predicted octanol–water partition coefficient (Wildman–Crippen LogP) is 3.06. The average molecular weight is 244 g/mol. The number of pyridine rings is 1. The highest BCUT2D eigenvalue weighted by Crippen LogP contribution is 2.21. The van der Waals surface area contributed by atoms with E-state index in [-0.39, 0.29) is 6.61 Å². The molecule has 0 bridgehead atoms. The fraction of sp³-hybridized carbons (Fsp3) is 0.400. The van der Waals surface area contributed by atoms with Crippen molar-refractivity contribution in [3.63, 3.8) is 0 Å². The molecule has 0 aliphatic heterocycles. The third kappa shape index (κ3) is 2.99. The van der Waals surface area contributed by atoms with Gasteiger partial charge in [-0.2, -0.15) is 0 Å². The van der Waals surface area contributed by atoms with Gasteiger partial charge in [0.1, 0.15) is 0 Å². The highest BCUT2D eigenvalue weighted by Gasteiger charge is 2.06. The lowest BCUT2D eigenvalue weighted by atomic mass is 10.0. The summed E-state index contributed by atoms with van der Waals surface area (Å²) in [5.41, 5.74) is 2.13. The summed E-state index contributed by atoms with van der Waals surface area (Å²) < 4.78 is 0. The van der Waals surface area contributed by atoms with Crippen LogP contribution in [0.1, 0.15) is 19.8 Å². The predicted molar refractivity (Wildman–Crippen MR) is 75.7 cm³/mol. The molecule has 0 radical (unpaired) electrons. The molecule has 2 N–H and O–H groups in total. The molecule has 0 fully saturated rings. The Balaban J connectivity index is 2.11. The molecule has 1 aromatic carbocycles. The first-order valence-electron chi connectivity index (χ1n) is 6.53. The Kier molecular flexibility index (Phi) is 4.53. The van der Waals surface area contributed by atoms with Crippen molar-refractivity contribution in [1.82, 2.24) is 4.98 Å². The Hall–Kier alpha value is -1.61. The number of aromatic nitrogens is 1. The summed E-state index contributed by atoms with van der Waals surface area (Å²) in [6.45, 7) is 3.31. The smallest absolute Gasteiger partial charge is 0.0722 e. The van der Waals surface area contributed by atoms with E-state index in [9.17, 15) is 0 Å². The normalized spacial score (nSPS) is 12.6. The number of benzene rings is 1. The molecule has 0 aliphatic rings. The first-order valence-corrected chi connectivity index (χ1v) is 6.53. The minimum atomic E-state index is 0.261. The Labute approximate surface area is 108 Å². The quantitative estimate of drug-likeness (QED) is 0.821. The molecule has 1 aromatic heterocycles. The number of aliphatic hydroxyl groups is 1. The van der Waals surface area contributed by atoms with Gasteiger partial charge in [-0.15, -0.1) is 0 Å². The number of hydrogen-bond acceptors (Lipinski definition) is 3. The standard InChI is InChI=1S/C15H20N2O/c1-2-12(8-10-18)11-17-15-7-9-16-14-6-4-3-5-13(14)15/h3-7,9,12,18H,2,8,10-11H2,1H3,(H,16,17). The van der Waals surface area contributed by atoms with Crippen LogP contribution in [0.15, 0.2) is 36.5 Å². The number of aliphatic hydroxyl groups excluding tert-OH is 1. The topological polar surface area (TPSA) is 45.1 Å². The molecule has 1 heterocycles. The number of para-hydroxylation sites is 1. The van der Waals surface area contributed by atoms with E-state index in [1.165, 1.54) is 0 Å². The first-order chi connectivity index (χ1) is 8.85. The summed E-state index contributed by atoms with van der Waals surface area (Å²) in [5.74, 6) is 0.516. The van der Waals surface area contributed by atoms with Crippen molar-refractivity contribution in [3.05, 3.63) is 36.5 Å². The highest BCUT2D eigenvalue weighted by atomic mass is 16.3. The van der Waals surface area contributed by atoms with E-state index in [1.807, 2.05) is 30.5 Å². The fourth-order valence-electron chi connectivity index (χ4n) is 2.14. The lowest BCUT2D eigenvalue weighted by Gasteiger charge is -2.16. The molecule has 0 saturated carbocycles. The maximum atomic E-state index is 9.00. The Morgan fingerprint density at radius 3 is 2.89 bits per heavy atom. The van der Waals surface area contributed by atoms with Crippen LogP contribution in [0.4, 0.5) is 5.69 Å². The summed E-state index contributed by atoms with van der Waals surface area (Å²) >= 11 is 0. The summed E-state index contributed by atoms with van der Waals surface area (Å²) in [7, 11) is 0. The van der Waals surface area contributed by atoms with Gasteiger partial charge >= 0.3 is 0 Å². The van der Waals surface area contributed by atoms with E-state index in [0.29, 0.717) is 5.92 Å². The number of anilines is 1. The molecular formula is C15H20N2O. The van der Waals surface area contributed by atoms with Crippen LogP contribution in [-0.2, 0) is 0 Å². The molecule has 0 spiro atoms. The minimum absolute atomic E-state index is 0.261. The molecule has 96 valence electrons. The van der Waals surface area contributed by atoms with Gasteiger partial charge in [0.05, 0.1) is 5.52 Å². The molecule has 3 heteroatoms. The van der Waals surface area contributed by atoms with Crippen molar-refractivity contribution in [1.29, 1.82) is 0 Å². The van der Waals surface area contributed by atoms with Crippen LogP contribution in [0, 0.1) is 5.92 Å². The van der Waals surface area contributed by atoms with Gasteiger partial charge in [0.15, 0.2) is 0 Å². The molecule has 2 rings (SSSR count). The van der Waals surface area contributed by atoms with Gasteiger partial charge in [-0.3, -0.25) is 4.98 Å². The summed E-state index contributed by atoms with van der Waals surface area (Å²) in [4.78, 5) is 4.35. The van der Waals surface area contributed by atoms with Gasteiger partial charge in [-0.1, -0.05) is 31.5 Å². The van der Waals surface area contributed by atoms with E-state index in [1.54, 1.807) is 0 Å². The van der Waals surface area contributed by atoms with Crippen LogP contribution in [0.3, 0.4) is 0 Å². The molecule has 0 aliphatic carbocycles. The Morgan fingerprint density at radius 1 is 1.28 bits per heavy atom. The average Bonchev–Trinajstić information content (AvgIpc) is 2.43. The van der Waals surface area contributed by atoms with Crippen LogP contribution in [0.2, 0.25) is 0 Å². The lowest BCUT2D eigenvalue weighted by molar-refractivity contribution is 0.258. The molecule has 18 heavy (non-hydrogen) atoms. The monoisotopic (exact) mass is 244 g/mol. The van der Waals surface area contributed by atoms with E-state index >= 15 is 0 Å². The number of rotatable bonds is 6. The second-order valence-corrected chi connectivity index (χ2v) is 4.54. The Morgan fingerprint density at radius 2 is 2.11 bits per heavy atom. The van der Waals surface area contributed by atoms with E-state index in [0.717, 1.165) is 36.0 Å². The molecule has 0 saturated heterocycles. The molecule has 1 unspecified atom stereocenters. The van der Waals surface area contributed by atoms with Gasteiger partial charge in [-0.05, 0) is 24.5 Å². The second-order valence-electron chi connectivity index (χ2n) is 4.54. The second kappa shape index (κ2) is 6.36. The lowest BCUT2D eigenvalue weighted by Crippen LogP contribution is -2.15. The molecule has 3 nitrogen and oxygen atoms in total. The molecule has 0 amide bonds. The van der Waals surface area contributed by atoms with E-state index < -0.39 is 0 Å². The van der Waals surface area contributed by atoms with Crippen molar-refractivity contribution < 1.29 is 5.11 Å². The van der Waals surface area contributed by atoms with Crippen LogP contribution in [0.5, 0.6) is 0 Å². The maximum absolute atomic E-state index is 9.00. The van der Waals surface area contributed by atoms with Crippen molar-refractivity contribution in [2.45, 2.75) is 19.8 Å². The minimum Gasteiger partial charge on any atom is -0.396 e. The largest absolute Gasteiger partial charge is 0.396 e. The summed E-state index contributed by atoms with van der Waals surface area (Å²) in [5, 5.41) is 13.6. The Bertz CT molecular complexity index is 493. The summed E-state index contributed by atoms with van der Waals surface area (Å²) in [6, 6.07) is 10.1. The van der Waals surface area contributed by atoms with Crippen molar-refractivity contribution in [2.24, 2.45) is 5.92 Å². The number of hydrogen-bond donors (Lipinski definition) is 2.